The summed E-state index contributed by atoms with van der Waals surface area (Å²) in [5, 5.41) is 6.55. The molecule has 1 unspecified atom stereocenters. The molecule has 2 N–H and O–H groups in total. The topological polar surface area (TPSA) is 54.9 Å². The number of para-hydroxylation sites is 1. The van der Waals surface area contributed by atoms with Crippen molar-refractivity contribution in [3.8, 4) is 5.75 Å². The lowest BCUT2D eigenvalue weighted by molar-refractivity contribution is 0.195. The quantitative estimate of drug-likeness (QED) is 0.455. The van der Waals surface area contributed by atoms with Crippen molar-refractivity contribution in [1.29, 1.82) is 0 Å². The van der Waals surface area contributed by atoms with Crippen molar-refractivity contribution in [2.75, 3.05) is 33.4 Å². The zero-order chi connectivity index (χ0) is 14.9. The Morgan fingerprint density at radius 1 is 1.38 bits per heavy atom. The third-order valence-electron chi connectivity index (χ3n) is 3.33. The van der Waals surface area contributed by atoms with Crippen molar-refractivity contribution >= 4 is 5.96 Å². The Labute approximate surface area is 126 Å². The molecule has 0 fully saturated rings. The van der Waals surface area contributed by atoms with Gasteiger partial charge in [0.25, 0.3) is 0 Å². The van der Waals surface area contributed by atoms with E-state index in [1.807, 2.05) is 12.1 Å². The largest absolute Gasteiger partial charge is 0.488 e. The Hall–Kier alpha value is -1.75. The SMILES string of the molecule is CCNC(=NCC1Cc2ccccc2O1)NCCCOC. The second-order valence-corrected chi connectivity index (χ2v) is 5.04. The summed E-state index contributed by atoms with van der Waals surface area (Å²) in [7, 11) is 1.72. The summed E-state index contributed by atoms with van der Waals surface area (Å²) >= 11 is 0. The molecule has 1 aromatic rings. The van der Waals surface area contributed by atoms with Gasteiger partial charge in [0.15, 0.2) is 5.96 Å². The van der Waals surface area contributed by atoms with Crippen molar-refractivity contribution in [3.05, 3.63) is 29.8 Å². The summed E-state index contributed by atoms with van der Waals surface area (Å²) in [6.07, 6.45) is 2.03. The van der Waals surface area contributed by atoms with Crippen LogP contribution in [0.25, 0.3) is 0 Å². The van der Waals surface area contributed by atoms with E-state index in [0.29, 0.717) is 6.54 Å². The summed E-state index contributed by atoms with van der Waals surface area (Å²) in [4.78, 5) is 4.60. The van der Waals surface area contributed by atoms with E-state index in [1.165, 1.54) is 5.56 Å². The molecule has 0 bridgehead atoms. The third-order valence-corrected chi connectivity index (χ3v) is 3.33. The number of hydrogen-bond acceptors (Lipinski definition) is 3. The normalized spacial score (nSPS) is 17.2. The highest BCUT2D eigenvalue weighted by molar-refractivity contribution is 5.79. The number of ether oxygens (including phenoxy) is 2. The lowest BCUT2D eigenvalue weighted by Gasteiger charge is -2.13. The Morgan fingerprint density at radius 2 is 2.24 bits per heavy atom. The van der Waals surface area contributed by atoms with Crippen molar-refractivity contribution in [3.63, 3.8) is 0 Å². The van der Waals surface area contributed by atoms with Gasteiger partial charge in [-0.2, -0.15) is 0 Å². The first-order valence-corrected chi connectivity index (χ1v) is 7.59. The highest BCUT2D eigenvalue weighted by Gasteiger charge is 2.21. The summed E-state index contributed by atoms with van der Waals surface area (Å²) in [5.41, 5.74) is 1.27. The Morgan fingerprint density at radius 3 is 3.00 bits per heavy atom. The highest BCUT2D eigenvalue weighted by Crippen LogP contribution is 2.28. The first-order chi connectivity index (χ1) is 10.3. The van der Waals surface area contributed by atoms with Crippen LogP contribution in [0, 0.1) is 0 Å². The number of benzene rings is 1. The van der Waals surface area contributed by atoms with E-state index in [4.69, 9.17) is 9.47 Å². The standard InChI is InChI=1S/C16H25N3O2/c1-3-17-16(18-9-6-10-20-2)19-12-14-11-13-7-4-5-8-15(13)21-14/h4-5,7-8,14H,3,6,9-12H2,1-2H3,(H2,17,18,19). The molecule has 0 amide bonds. The van der Waals surface area contributed by atoms with Crippen LogP contribution in [0.2, 0.25) is 0 Å². The lowest BCUT2D eigenvalue weighted by atomic mass is 10.1. The first kappa shape index (κ1) is 15.6. The predicted octanol–water partition coefficient (Wildman–Crippen LogP) is 1.58. The molecule has 1 aliphatic heterocycles. The first-order valence-electron chi connectivity index (χ1n) is 7.59. The van der Waals surface area contributed by atoms with Gasteiger partial charge in [0.1, 0.15) is 11.9 Å². The minimum atomic E-state index is 0.136. The van der Waals surface area contributed by atoms with Gasteiger partial charge < -0.3 is 20.1 Å². The number of aliphatic imine (C=N–C) groups is 1. The molecule has 21 heavy (non-hydrogen) atoms. The maximum absolute atomic E-state index is 5.90. The van der Waals surface area contributed by atoms with Gasteiger partial charge in [-0.05, 0) is 25.0 Å². The third kappa shape index (κ3) is 4.93. The number of fused-ring (bicyclic) bond motifs is 1. The smallest absolute Gasteiger partial charge is 0.191 e. The van der Waals surface area contributed by atoms with Crippen molar-refractivity contribution in [2.24, 2.45) is 4.99 Å². The second kappa shape index (κ2) is 8.52. The fourth-order valence-electron chi connectivity index (χ4n) is 2.31. The molecule has 116 valence electrons. The Balaban J connectivity index is 1.80. The van der Waals surface area contributed by atoms with Crippen LogP contribution < -0.4 is 15.4 Å². The minimum Gasteiger partial charge on any atom is -0.488 e. The van der Waals surface area contributed by atoms with E-state index in [2.05, 4.69) is 34.7 Å². The molecule has 0 saturated carbocycles. The summed E-state index contributed by atoms with van der Waals surface area (Å²) < 4.78 is 10.9. The monoisotopic (exact) mass is 291 g/mol. The summed E-state index contributed by atoms with van der Waals surface area (Å²) in [6.45, 7) is 5.18. The van der Waals surface area contributed by atoms with Crippen LogP contribution in [0.1, 0.15) is 18.9 Å². The molecule has 1 heterocycles. The molecule has 0 aliphatic carbocycles. The molecule has 1 aliphatic rings. The molecular weight excluding hydrogens is 266 g/mol. The number of hydrogen-bond donors (Lipinski definition) is 2. The van der Waals surface area contributed by atoms with Crippen LogP contribution in [-0.4, -0.2) is 45.4 Å². The lowest BCUT2D eigenvalue weighted by Crippen LogP contribution is -2.38. The van der Waals surface area contributed by atoms with Crippen LogP contribution in [0.5, 0.6) is 5.75 Å². The van der Waals surface area contributed by atoms with Gasteiger partial charge >= 0.3 is 0 Å². The average Bonchev–Trinajstić information content (AvgIpc) is 2.92. The molecule has 0 radical (unpaired) electrons. The number of methoxy groups -OCH3 is 1. The second-order valence-electron chi connectivity index (χ2n) is 5.04. The van der Waals surface area contributed by atoms with Gasteiger partial charge in [0.05, 0.1) is 6.54 Å². The maximum atomic E-state index is 5.90. The average molecular weight is 291 g/mol. The zero-order valence-corrected chi connectivity index (χ0v) is 12.9. The fourth-order valence-corrected chi connectivity index (χ4v) is 2.31. The maximum Gasteiger partial charge on any atom is 0.191 e. The van der Waals surface area contributed by atoms with E-state index >= 15 is 0 Å². The minimum absolute atomic E-state index is 0.136. The Bertz CT molecular complexity index is 438. The highest BCUT2D eigenvalue weighted by atomic mass is 16.5. The van der Waals surface area contributed by atoms with Crippen molar-refractivity contribution < 1.29 is 9.47 Å². The molecule has 1 atom stereocenters. The number of nitrogens with zero attached hydrogens (tertiary/aromatic N) is 1. The summed E-state index contributed by atoms with van der Waals surface area (Å²) in [5.74, 6) is 1.84. The number of nitrogens with one attached hydrogen (secondary N) is 2. The van der Waals surface area contributed by atoms with Gasteiger partial charge in [-0.25, -0.2) is 4.99 Å². The molecular formula is C16H25N3O2. The van der Waals surface area contributed by atoms with E-state index < -0.39 is 0 Å². The number of guanidine groups is 1. The molecule has 0 aromatic heterocycles. The van der Waals surface area contributed by atoms with Gasteiger partial charge in [-0.3, -0.25) is 0 Å². The van der Waals surface area contributed by atoms with E-state index in [-0.39, 0.29) is 6.10 Å². The van der Waals surface area contributed by atoms with Crippen LogP contribution >= 0.6 is 0 Å². The molecule has 0 spiro atoms. The molecule has 2 rings (SSSR count). The van der Waals surface area contributed by atoms with Crippen LogP contribution in [0.15, 0.2) is 29.3 Å². The van der Waals surface area contributed by atoms with Gasteiger partial charge in [-0.1, -0.05) is 18.2 Å². The summed E-state index contributed by atoms with van der Waals surface area (Å²) in [6, 6.07) is 8.20. The number of rotatable bonds is 7. The van der Waals surface area contributed by atoms with E-state index in [9.17, 15) is 0 Å². The van der Waals surface area contributed by atoms with E-state index in [1.54, 1.807) is 7.11 Å². The van der Waals surface area contributed by atoms with Crippen LogP contribution in [-0.2, 0) is 11.2 Å². The van der Waals surface area contributed by atoms with E-state index in [0.717, 1.165) is 44.2 Å². The molecule has 5 heteroatoms. The van der Waals surface area contributed by atoms with Gasteiger partial charge in [-0.15, -0.1) is 0 Å². The molecule has 1 aromatic carbocycles. The molecule has 0 saturated heterocycles. The molecule has 5 nitrogen and oxygen atoms in total. The van der Waals surface area contributed by atoms with Crippen molar-refractivity contribution in [2.45, 2.75) is 25.9 Å². The van der Waals surface area contributed by atoms with Crippen LogP contribution in [0.4, 0.5) is 0 Å². The Kier molecular flexibility index (Phi) is 6.34. The van der Waals surface area contributed by atoms with Gasteiger partial charge in [0, 0.05) is 33.2 Å². The predicted molar refractivity (Wildman–Crippen MR) is 85.0 cm³/mol. The van der Waals surface area contributed by atoms with Gasteiger partial charge in [0.2, 0.25) is 0 Å². The van der Waals surface area contributed by atoms with Crippen LogP contribution in [0.3, 0.4) is 0 Å². The van der Waals surface area contributed by atoms with Crippen molar-refractivity contribution in [1.82, 2.24) is 10.6 Å². The zero-order valence-electron chi connectivity index (χ0n) is 12.9. The fraction of sp³-hybridized carbons (Fsp3) is 0.562.